The predicted octanol–water partition coefficient (Wildman–Crippen LogP) is 2.46. The van der Waals surface area contributed by atoms with Crippen molar-refractivity contribution in [2.24, 2.45) is 5.41 Å². The molecular weight excluding hydrogens is 244 g/mol. The minimum Gasteiger partial charge on any atom is -0.480 e. The number of rotatable bonds is 8. The van der Waals surface area contributed by atoms with Gasteiger partial charge in [0.15, 0.2) is 0 Å². The predicted molar refractivity (Wildman–Crippen MR) is 74.1 cm³/mol. The molecule has 0 radical (unpaired) electrons. The SMILES string of the molecule is CCCC1(CNC(=O)N(CC(=O)O)C(C)CC)CC1. The fourth-order valence-electron chi connectivity index (χ4n) is 2.38. The van der Waals surface area contributed by atoms with Crippen molar-refractivity contribution in [3.8, 4) is 0 Å². The monoisotopic (exact) mass is 270 g/mol. The molecule has 1 saturated carbocycles. The van der Waals surface area contributed by atoms with Crippen LogP contribution in [-0.2, 0) is 4.79 Å². The maximum Gasteiger partial charge on any atom is 0.323 e. The van der Waals surface area contributed by atoms with Crippen LogP contribution in [0.5, 0.6) is 0 Å². The third-order valence-electron chi connectivity index (χ3n) is 4.04. The van der Waals surface area contributed by atoms with Gasteiger partial charge in [0.25, 0.3) is 0 Å². The Bertz CT molecular complexity index is 327. The first-order valence-corrected chi connectivity index (χ1v) is 7.20. The Balaban J connectivity index is 2.50. The zero-order valence-corrected chi connectivity index (χ0v) is 12.2. The summed E-state index contributed by atoms with van der Waals surface area (Å²) in [4.78, 5) is 24.3. The molecule has 5 nitrogen and oxygen atoms in total. The van der Waals surface area contributed by atoms with Crippen molar-refractivity contribution in [1.82, 2.24) is 10.2 Å². The van der Waals surface area contributed by atoms with E-state index in [2.05, 4.69) is 12.2 Å². The molecule has 19 heavy (non-hydrogen) atoms. The van der Waals surface area contributed by atoms with E-state index in [4.69, 9.17) is 5.11 Å². The summed E-state index contributed by atoms with van der Waals surface area (Å²) in [5.41, 5.74) is 0.286. The molecule has 0 aromatic heterocycles. The van der Waals surface area contributed by atoms with Crippen molar-refractivity contribution in [1.29, 1.82) is 0 Å². The van der Waals surface area contributed by atoms with Gasteiger partial charge in [-0.3, -0.25) is 4.79 Å². The molecular formula is C14H26N2O3. The van der Waals surface area contributed by atoms with E-state index in [0.717, 1.165) is 19.3 Å². The van der Waals surface area contributed by atoms with Gasteiger partial charge in [-0.1, -0.05) is 20.3 Å². The van der Waals surface area contributed by atoms with Gasteiger partial charge < -0.3 is 15.3 Å². The summed E-state index contributed by atoms with van der Waals surface area (Å²) in [7, 11) is 0. The molecule has 1 atom stereocenters. The van der Waals surface area contributed by atoms with Crippen LogP contribution in [0.2, 0.25) is 0 Å². The number of carbonyl (C=O) groups is 2. The highest BCUT2D eigenvalue weighted by atomic mass is 16.4. The summed E-state index contributed by atoms with van der Waals surface area (Å²) < 4.78 is 0. The Labute approximate surface area is 115 Å². The van der Waals surface area contributed by atoms with E-state index in [1.807, 2.05) is 13.8 Å². The second-order valence-electron chi connectivity index (χ2n) is 5.69. The van der Waals surface area contributed by atoms with E-state index in [1.54, 1.807) is 0 Å². The van der Waals surface area contributed by atoms with Gasteiger partial charge in [0.05, 0.1) is 0 Å². The van der Waals surface area contributed by atoms with E-state index in [9.17, 15) is 9.59 Å². The summed E-state index contributed by atoms with van der Waals surface area (Å²) in [5, 5.41) is 11.8. The molecule has 0 heterocycles. The van der Waals surface area contributed by atoms with Crippen LogP contribution in [-0.4, -0.2) is 41.1 Å². The Morgan fingerprint density at radius 1 is 1.37 bits per heavy atom. The number of hydrogen-bond donors (Lipinski definition) is 2. The highest BCUT2D eigenvalue weighted by Crippen LogP contribution is 2.48. The number of nitrogens with one attached hydrogen (secondary N) is 1. The van der Waals surface area contributed by atoms with Crippen LogP contribution in [0.25, 0.3) is 0 Å². The average Bonchev–Trinajstić information content (AvgIpc) is 3.13. The third kappa shape index (κ3) is 4.73. The van der Waals surface area contributed by atoms with Gasteiger partial charge in [0.2, 0.25) is 0 Å². The minimum atomic E-state index is -0.967. The van der Waals surface area contributed by atoms with Crippen LogP contribution in [0.15, 0.2) is 0 Å². The first kappa shape index (κ1) is 15.8. The molecule has 1 fully saturated rings. The van der Waals surface area contributed by atoms with Gasteiger partial charge in [0.1, 0.15) is 6.54 Å². The van der Waals surface area contributed by atoms with Crippen LogP contribution >= 0.6 is 0 Å². The smallest absolute Gasteiger partial charge is 0.323 e. The van der Waals surface area contributed by atoms with Gasteiger partial charge in [-0.15, -0.1) is 0 Å². The van der Waals surface area contributed by atoms with Crippen molar-refractivity contribution in [2.45, 2.75) is 58.9 Å². The molecule has 1 rings (SSSR count). The Kier molecular flexibility index (Phi) is 5.63. The second-order valence-corrected chi connectivity index (χ2v) is 5.69. The number of carboxylic acids is 1. The lowest BCUT2D eigenvalue weighted by Gasteiger charge is -2.28. The van der Waals surface area contributed by atoms with Crippen LogP contribution in [0, 0.1) is 5.41 Å². The molecule has 2 N–H and O–H groups in total. The summed E-state index contributed by atoms with van der Waals surface area (Å²) in [6, 6.07) is -0.309. The van der Waals surface area contributed by atoms with Crippen molar-refractivity contribution in [3.63, 3.8) is 0 Å². The largest absolute Gasteiger partial charge is 0.480 e. The van der Waals surface area contributed by atoms with Crippen LogP contribution in [0.1, 0.15) is 52.9 Å². The molecule has 1 aliphatic rings. The number of aliphatic carboxylic acids is 1. The molecule has 110 valence electrons. The normalized spacial score (nSPS) is 17.6. The topological polar surface area (TPSA) is 69.6 Å². The number of nitrogens with zero attached hydrogens (tertiary/aromatic N) is 1. The first-order chi connectivity index (χ1) is 8.94. The van der Waals surface area contributed by atoms with Gasteiger partial charge in [0, 0.05) is 12.6 Å². The third-order valence-corrected chi connectivity index (χ3v) is 4.04. The standard InChI is InChI=1S/C14H26N2O3/c1-4-6-14(7-8-14)10-15-13(19)16(9-12(17)18)11(3)5-2/h11H,4-10H2,1-3H3,(H,15,19)(H,17,18). The Morgan fingerprint density at radius 3 is 2.42 bits per heavy atom. The quantitative estimate of drug-likeness (QED) is 0.712. The highest BCUT2D eigenvalue weighted by Gasteiger charge is 2.41. The molecule has 0 aromatic carbocycles. The molecule has 2 amide bonds. The lowest BCUT2D eigenvalue weighted by atomic mass is 10.0. The van der Waals surface area contributed by atoms with E-state index >= 15 is 0 Å². The zero-order valence-electron chi connectivity index (χ0n) is 12.2. The van der Waals surface area contributed by atoms with Gasteiger partial charge >= 0.3 is 12.0 Å². The summed E-state index contributed by atoms with van der Waals surface area (Å²) in [6.45, 7) is 6.42. The van der Waals surface area contributed by atoms with Crippen LogP contribution < -0.4 is 5.32 Å². The summed E-state index contributed by atoms with van der Waals surface area (Å²) in [6.07, 6.45) is 5.35. The Morgan fingerprint density at radius 2 is 2.00 bits per heavy atom. The number of carboxylic acid groups (broad SMARTS) is 1. The highest BCUT2D eigenvalue weighted by molar-refractivity contribution is 5.80. The summed E-state index contributed by atoms with van der Waals surface area (Å²) in [5.74, 6) is -0.967. The molecule has 1 aliphatic carbocycles. The fourth-order valence-corrected chi connectivity index (χ4v) is 2.38. The van der Waals surface area contributed by atoms with Gasteiger partial charge in [-0.05, 0) is 38.0 Å². The summed E-state index contributed by atoms with van der Waals surface area (Å²) >= 11 is 0. The van der Waals surface area contributed by atoms with E-state index in [-0.39, 0.29) is 24.0 Å². The number of amides is 2. The van der Waals surface area contributed by atoms with Crippen LogP contribution in [0.3, 0.4) is 0 Å². The van der Waals surface area contributed by atoms with E-state index in [0.29, 0.717) is 6.54 Å². The molecule has 0 saturated heterocycles. The van der Waals surface area contributed by atoms with Crippen molar-refractivity contribution < 1.29 is 14.7 Å². The minimum absolute atomic E-state index is 0.0579. The first-order valence-electron chi connectivity index (χ1n) is 7.20. The van der Waals surface area contributed by atoms with Gasteiger partial charge in [-0.2, -0.15) is 0 Å². The number of hydrogen-bond acceptors (Lipinski definition) is 2. The van der Waals surface area contributed by atoms with Crippen molar-refractivity contribution >= 4 is 12.0 Å². The maximum atomic E-state index is 12.1. The van der Waals surface area contributed by atoms with Gasteiger partial charge in [-0.25, -0.2) is 4.79 Å². The second kappa shape index (κ2) is 6.78. The number of carbonyl (C=O) groups excluding carboxylic acids is 1. The average molecular weight is 270 g/mol. The van der Waals surface area contributed by atoms with E-state index in [1.165, 1.54) is 17.7 Å². The molecule has 0 spiro atoms. The maximum absolute atomic E-state index is 12.1. The van der Waals surface area contributed by atoms with Crippen molar-refractivity contribution in [3.05, 3.63) is 0 Å². The molecule has 0 bridgehead atoms. The lowest BCUT2D eigenvalue weighted by molar-refractivity contribution is -0.138. The molecule has 0 aromatic rings. The fraction of sp³-hybridized carbons (Fsp3) is 0.857. The number of urea groups is 1. The zero-order chi connectivity index (χ0) is 14.5. The Hall–Kier alpha value is -1.26. The van der Waals surface area contributed by atoms with Crippen molar-refractivity contribution in [2.75, 3.05) is 13.1 Å². The van der Waals surface area contributed by atoms with Crippen LogP contribution in [0.4, 0.5) is 4.79 Å². The van der Waals surface area contributed by atoms with E-state index < -0.39 is 5.97 Å². The molecule has 5 heteroatoms. The lowest BCUT2D eigenvalue weighted by Crippen LogP contribution is -2.48. The molecule has 1 unspecified atom stereocenters. The molecule has 0 aliphatic heterocycles.